The number of amides is 1. The summed E-state index contributed by atoms with van der Waals surface area (Å²) in [7, 11) is 0. The van der Waals surface area contributed by atoms with Gasteiger partial charge in [0, 0.05) is 11.8 Å². The molecule has 0 fully saturated rings. The number of pyridine rings is 1. The van der Waals surface area contributed by atoms with Gasteiger partial charge in [0.2, 0.25) is 5.91 Å². The summed E-state index contributed by atoms with van der Waals surface area (Å²) >= 11 is 0. The van der Waals surface area contributed by atoms with Crippen LogP contribution in [0.25, 0.3) is 0 Å². The lowest BCUT2D eigenvalue weighted by Crippen LogP contribution is -2.15. The minimum absolute atomic E-state index is 0.104. The molecule has 0 radical (unpaired) electrons. The maximum atomic E-state index is 13.0. The number of nitrogens with zero attached hydrogens (tertiary/aromatic N) is 1. The van der Waals surface area contributed by atoms with E-state index < -0.39 is 5.82 Å². The maximum absolute atomic E-state index is 13.0. The third kappa shape index (κ3) is 3.04. The normalized spacial score (nSPS) is 10.1. The van der Waals surface area contributed by atoms with Crippen LogP contribution in [0.2, 0.25) is 0 Å². The number of aromatic hydroxyl groups is 1. The third-order valence-corrected chi connectivity index (χ3v) is 2.32. The van der Waals surface area contributed by atoms with Gasteiger partial charge in [-0.3, -0.25) is 4.79 Å². The number of nitrogens with one attached hydrogen (secondary N) is 1. The molecule has 4 nitrogen and oxygen atoms in total. The van der Waals surface area contributed by atoms with Gasteiger partial charge in [0.25, 0.3) is 0 Å². The van der Waals surface area contributed by atoms with Gasteiger partial charge in [0.15, 0.2) is 0 Å². The Balaban J connectivity index is 2.05. The van der Waals surface area contributed by atoms with E-state index in [1.807, 2.05) is 0 Å². The molecule has 18 heavy (non-hydrogen) atoms. The zero-order valence-electron chi connectivity index (χ0n) is 9.43. The predicted octanol–water partition coefficient (Wildman–Crippen LogP) is 2.11. The number of hydrogen-bond donors (Lipinski definition) is 2. The van der Waals surface area contributed by atoms with E-state index >= 15 is 0 Å². The molecule has 0 bridgehead atoms. The van der Waals surface area contributed by atoms with Gasteiger partial charge >= 0.3 is 0 Å². The smallest absolute Gasteiger partial charge is 0.230 e. The number of anilines is 1. The first kappa shape index (κ1) is 12.0. The molecule has 0 aliphatic heterocycles. The molecule has 0 unspecified atom stereocenters. The Morgan fingerprint density at radius 1 is 1.33 bits per heavy atom. The monoisotopic (exact) mass is 246 g/mol. The zero-order chi connectivity index (χ0) is 13.0. The predicted molar refractivity (Wildman–Crippen MR) is 64.6 cm³/mol. The molecule has 0 aliphatic rings. The van der Waals surface area contributed by atoms with E-state index in [2.05, 4.69) is 10.3 Å². The summed E-state index contributed by atoms with van der Waals surface area (Å²) in [5, 5.41) is 12.0. The van der Waals surface area contributed by atoms with E-state index in [1.165, 1.54) is 6.07 Å². The van der Waals surface area contributed by atoms with E-state index in [0.29, 0.717) is 5.82 Å². The topological polar surface area (TPSA) is 62.2 Å². The number of aromatic nitrogens is 1. The van der Waals surface area contributed by atoms with Crippen LogP contribution in [0, 0.1) is 5.82 Å². The fraction of sp³-hybridized carbons (Fsp3) is 0.0769. The van der Waals surface area contributed by atoms with Crippen LogP contribution < -0.4 is 5.32 Å². The van der Waals surface area contributed by atoms with Gasteiger partial charge in [0.05, 0.1) is 6.42 Å². The Morgan fingerprint density at radius 3 is 2.89 bits per heavy atom. The molecule has 0 saturated carbocycles. The van der Waals surface area contributed by atoms with Crippen LogP contribution in [0.5, 0.6) is 5.75 Å². The van der Waals surface area contributed by atoms with Crippen LogP contribution in [0.3, 0.4) is 0 Å². The summed E-state index contributed by atoms with van der Waals surface area (Å²) in [4.78, 5) is 15.6. The molecule has 5 heteroatoms. The lowest BCUT2D eigenvalue weighted by molar-refractivity contribution is -0.115. The first-order valence-electron chi connectivity index (χ1n) is 5.33. The molecule has 1 heterocycles. The molecule has 0 spiro atoms. The van der Waals surface area contributed by atoms with Crippen LogP contribution in [-0.2, 0) is 11.2 Å². The summed E-state index contributed by atoms with van der Waals surface area (Å²) in [6.45, 7) is 0. The van der Waals surface area contributed by atoms with Crippen molar-refractivity contribution < 1.29 is 14.3 Å². The lowest BCUT2D eigenvalue weighted by Gasteiger charge is -2.06. The number of hydrogen-bond acceptors (Lipinski definition) is 3. The number of benzene rings is 1. The first-order chi connectivity index (χ1) is 8.65. The van der Waals surface area contributed by atoms with Crippen molar-refractivity contribution in [1.29, 1.82) is 0 Å². The third-order valence-electron chi connectivity index (χ3n) is 2.32. The van der Waals surface area contributed by atoms with Gasteiger partial charge in [-0.2, -0.15) is 0 Å². The van der Waals surface area contributed by atoms with Crippen molar-refractivity contribution >= 4 is 11.7 Å². The standard InChI is InChI=1S/C13H11FN2O2/c14-10-4-5-11(17)9(7-10)8-13(18)16-12-3-1-2-6-15-12/h1-7,17H,8H2,(H,15,16,18). The first-order valence-corrected chi connectivity index (χ1v) is 5.33. The van der Waals surface area contributed by atoms with Crippen LogP contribution in [0.4, 0.5) is 10.2 Å². The van der Waals surface area contributed by atoms with E-state index in [9.17, 15) is 14.3 Å². The van der Waals surface area contributed by atoms with Gasteiger partial charge < -0.3 is 10.4 Å². The Labute approximate surface area is 103 Å². The fourth-order valence-electron chi connectivity index (χ4n) is 1.49. The summed E-state index contributed by atoms with van der Waals surface area (Å²) in [6, 6.07) is 8.60. The van der Waals surface area contributed by atoms with Crippen molar-refractivity contribution in [3.63, 3.8) is 0 Å². The number of halogens is 1. The number of carbonyl (C=O) groups is 1. The highest BCUT2D eigenvalue weighted by atomic mass is 19.1. The largest absolute Gasteiger partial charge is 0.508 e. The van der Waals surface area contributed by atoms with E-state index in [1.54, 1.807) is 24.4 Å². The summed E-state index contributed by atoms with van der Waals surface area (Å²) < 4.78 is 13.0. The second-order valence-electron chi connectivity index (χ2n) is 3.71. The quantitative estimate of drug-likeness (QED) is 0.871. The molecule has 2 rings (SSSR count). The molecule has 2 aromatic rings. The number of carbonyl (C=O) groups excluding carboxylic acids is 1. The van der Waals surface area contributed by atoms with Gasteiger partial charge in [-0.25, -0.2) is 9.37 Å². The second-order valence-corrected chi connectivity index (χ2v) is 3.71. The second kappa shape index (κ2) is 5.27. The molecule has 1 aromatic carbocycles. The van der Waals surface area contributed by atoms with Crippen LogP contribution >= 0.6 is 0 Å². The summed E-state index contributed by atoms with van der Waals surface area (Å²) in [5.74, 6) is -0.547. The molecular formula is C13H11FN2O2. The van der Waals surface area contributed by atoms with Crippen molar-refractivity contribution in [2.75, 3.05) is 5.32 Å². The van der Waals surface area contributed by atoms with Gasteiger partial charge in [-0.15, -0.1) is 0 Å². The SMILES string of the molecule is O=C(Cc1cc(F)ccc1O)Nc1ccccn1. The van der Waals surface area contributed by atoms with Gasteiger partial charge in [-0.05, 0) is 30.3 Å². The molecule has 1 amide bonds. The average Bonchev–Trinajstić information content (AvgIpc) is 2.35. The van der Waals surface area contributed by atoms with Crippen LogP contribution in [0.15, 0.2) is 42.6 Å². The Bertz CT molecular complexity index is 558. The van der Waals surface area contributed by atoms with Gasteiger partial charge in [0.1, 0.15) is 17.4 Å². The highest BCUT2D eigenvalue weighted by Gasteiger charge is 2.09. The summed E-state index contributed by atoms with van der Waals surface area (Å²) in [5.41, 5.74) is 0.239. The van der Waals surface area contributed by atoms with Crippen molar-refractivity contribution in [2.24, 2.45) is 0 Å². The van der Waals surface area contributed by atoms with E-state index in [-0.39, 0.29) is 23.6 Å². The molecular weight excluding hydrogens is 235 g/mol. The Hall–Kier alpha value is -2.43. The number of rotatable bonds is 3. The minimum atomic E-state index is -0.492. The highest BCUT2D eigenvalue weighted by Crippen LogP contribution is 2.18. The van der Waals surface area contributed by atoms with Crippen LogP contribution in [0.1, 0.15) is 5.56 Å². The summed E-state index contributed by atoms with van der Waals surface area (Å²) in [6.07, 6.45) is 1.44. The Kier molecular flexibility index (Phi) is 3.52. The van der Waals surface area contributed by atoms with Crippen molar-refractivity contribution in [3.8, 4) is 5.75 Å². The van der Waals surface area contributed by atoms with Crippen LogP contribution in [-0.4, -0.2) is 16.0 Å². The highest BCUT2D eigenvalue weighted by molar-refractivity contribution is 5.91. The fourth-order valence-corrected chi connectivity index (χ4v) is 1.49. The lowest BCUT2D eigenvalue weighted by atomic mass is 10.1. The van der Waals surface area contributed by atoms with Crippen molar-refractivity contribution in [3.05, 3.63) is 54.0 Å². The van der Waals surface area contributed by atoms with Crippen molar-refractivity contribution in [1.82, 2.24) is 4.98 Å². The molecule has 0 atom stereocenters. The Morgan fingerprint density at radius 2 is 2.17 bits per heavy atom. The van der Waals surface area contributed by atoms with E-state index in [0.717, 1.165) is 12.1 Å². The number of phenolic OH excluding ortho intramolecular Hbond substituents is 1. The molecule has 2 N–H and O–H groups in total. The molecule has 0 saturated heterocycles. The van der Waals surface area contributed by atoms with Gasteiger partial charge in [-0.1, -0.05) is 6.07 Å². The zero-order valence-corrected chi connectivity index (χ0v) is 9.43. The molecule has 92 valence electrons. The van der Waals surface area contributed by atoms with Crippen molar-refractivity contribution in [2.45, 2.75) is 6.42 Å². The average molecular weight is 246 g/mol. The minimum Gasteiger partial charge on any atom is -0.508 e. The molecule has 1 aromatic heterocycles. The molecule has 0 aliphatic carbocycles. The number of phenols is 1. The van der Waals surface area contributed by atoms with E-state index in [4.69, 9.17) is 0 Å². The maximum Gasteiger partial charge on any atom is 0.230 e.